The number of nitrogens with two attached hydrogens (primary N) is 2. The van der Waals surface area contributed by atoms with E-state index in [0.717, 1.165) is 10.9 Å². The Kier molecular flexibility index (Phi) is 14.6. The van der Waals surface area contributed by atoms with Crippen molar-refractivity contribution in [1.82, 2.24) is 48.4 Å². The molecule has 7 N–H and O–H groups in total. The maximum atomic E-state index is 14.0. The third-order valence-electron chi connectivity index (χ3n) is 11.5. The lowest BCUT2D eigenvalue weighted by Crippen LogP contribution is -2.27. The van der Waals surface area contributed by atoms with Crippen molar-refractivity contribution in [1.29, 1.82) is 0 Å². The highest BCUT2D eigenvalue weighted by Crippen LogP contribution is 2.33. The molecule has 384 valence electrons. The maximum Gasteiger partial charge on any atom is 0.412 e. The largest absolute Gasteiger partial charge is 0.494 e. The smallest absolute Gasteiger partial charge is 0.412 e. The molecule has 0 saturated heterocycles. The highest BCUT2D eigenvalue weighted by atomic mass is 16.6. The molecule has 23 nitrogen and oxygen atoms in total. The molecule has 0 fully saturated rings. The zero-order chi connectivity index (χ0) is 53.0. The molecule has 5 heterocycles. The average Bonchev–Trinajstić information content (AvgIpc) is 4.18. The van der Waals surface area contributed by atoms with Gasteiger partial charge in [-0.05, 0) is 109 Å². The van der Waals surface area contributed by atoms with Crippen molar-refractivity contribution < 1.29 is 38.2 Å². The third kappa shape index (κ3) is 11.1. The standard InChI is InChI=1S/C51H57N15O8/c1-9-64-38(21-29(3)60-64)46(69)58-48-56-35-24-31(44(52)67)26-40(72-8)42(35)62(48)17-11-12-18-63-43-36(57-49(63)59-47(70)39-22-30(4)61-65(39)10-2)25-32(45(53)68)27-41(43)73-20-14-13-19-66-37-16-15-34(23-33(37)28-54-66)55-50(71)74-51(5,6)7/h11-16,21-28H,9-10,17-20H2,1-8H3,(H2,52,67)(H2,53,68)(H,55,71)(H,56,58,69)(H,57,59,70)/b12-11+,14-13+. The van der Waals surface area contributed by atoms with Crippen LogP contribution >= 0.6 is 0 Å². The van der Waals surface area contributed by atoms with E-state index in [0.29, 0.717) is 75.9 Å². The molecule has 23 heteroatoms. The number of amides is 5. The van der Waals surface area contributed by atoms with Crippen molar-refractivity contribution >= 4 is 80.3 Å². The SMILES string of the molecule is CCn1nc(C)cc1C(=O)Nc1nc2cc(C(N)=O)cc(OC)c2n1C/C=C/Cn1c(NC(=O)c2cc(C)nn2CC)nc2cc(C(N)=O)cc(OC/C=C/Cn3ncc4cc(NC(=O)OC(C)(C)C)ccc43)c21. The molecule has 0 saturated carbocycles. The Bertz CT molecular complexity index is 3550. The normalized spacial score (nSPS) is 11.8. The van der Waals surface area contributed by atoms with Gasteiger partial charge in [0.2, 0.25) is 23.7 Å². The minimum absolute atomic E-state index is 0.0538. The fourth-order valence-electron chi connectivity index (χ4n) is 8.30. The zero-order valence-electron chi connectivity index (χ0n) is 42.2. The number of hydrogen-bond acceptors (Lipinski definition) is 13. The van der Waals surface area contributed by atoms with Crippen molar-refractivity contribution in [2.45, 2.75) is 86.8 Å². The topological polar surface area (TPSA) is 290 Å². The van der Waals surface area contributed by atoms with Crippen LogP contribution in [0.2, 0.25) is 0 Å². The van der Waals surface area contributed by atoms with Crippen LogP contribution in [0.4, 0.5) is 22.4 Å². The van der Waals surface area contributed by atoms with E-state index in [9.17, 15) is 24.0 Å². The number of carbonyl (C=O) groups is 5. The fourth-order valence-corrected chi connectivity index (χ4v) is 8.30. The van der Waals surface area contributed by atoms with E-state index in [4.69, 9.17) is 35.6 Å². The molecule has 8 rings (SSSR count). The summed E-state index contributed by atoms with van der Waals surface area (Å²) < 4.78 is 25.9. The number of primary amides is 2. The molecule has 74 heavy (non-hydrogen) atoms. The summed E-state index contributed by atoms with van der Waals surface area (Å²) in [7, 11) is 1.45. The first-order valence-electron chi connectivity index (χ1n) is 23.7. The number of hydrogen-bond donors (Lipinski definition) is 5. The van der Waals surface area contributed by atoms with Crippen molar-refractivity contribution in [2.75, 3.05) is 29.7 Å². The van der Waals surface area contributed by atoms with E-state index in [1.165, 1.54) is 31.4 Å². The monoisotopic (exact) mass is 1010 g/mol. The van der Waals surface area contributed by atoms with Crippen LogP contribution in [0.15, 0.2) is 85.1 Å². The molecule has 0 bridgehead atoms. The Morgan fingerprint density at radius 2 is 1.19 bits per heavy atom. The van der Waals surface area contributed by atoms with Gasteiger partial charge < -0.3 is 34.8 Å². The maximum absolute atomic E-state index is 14.0. The number of aromatic nitrogens is 10. The number of aryl methyl sites for hydroxylation is 4. The summed E-state index contributed by atoms with van der Waals surface area (Å²) in [5, 5.41) is 22.8. The van der Waals surface area contributed by atoms with E-state index in [1.807, 2.05) is 44.2 Å². The number of nitrogens with zero attached hydrogens (tertiary/aromatic N) is 10. The van der Waals surface area contributed by atoms with Crippen LogP contribution in [0.3, 0.4) is 0 Å². The average molecular weight is 1010 g/mol. The van der Waals surface area contributed by atoms with Crippen molar-refractivity contribution in [3.05, 3.63) is 119 Å². The van der Waals surface area contributed by atoms with Gasteiger partial charge in [-0.15, -0.1) is 0 Å². The van der Waals surface area contributed by atoms with Crippen LogP contribution in [0, 0.1) is 13.8 Å². The first kappa shape index (κ1) is 51.1. The minimum Gasteiger partial charge on any atom is -0.494 e. The number of rotatable bonds is 19. The van der Waals surface area contributed by atoms with E-state index in [-0.39, 0.29) is 48.5 Å². The molecule has 0 aliphatic heterocycles. The van der Waals surface area contributed by atoms with E-state index in [2.05, 4.69) is 31.2 Å². The quantitative estimate of drug-likeness (QED) is 0.0526. The minimum atomic E-state index is -0.715. The van der Waals surface area contributed by atoms with E-state index in [1.54, 1.807) is 88.3 Å². The number of carbonyl (C=O) groups excluding carboxylic acids is 5. The van der Waals surface area contributed by atoms with Crippen LogP contribution in [-0.4, -0.2) is 97.5 Å². The second-order valence-electron chi connectivity index (χ2n) is 18.1. The van der Waals surface area contributed by atoms with E-state index >= 15 is 0 Å². The van der Waals surface area contributed by atoms with Gasteiger partial charge >= 0.3 is 6.09 Å². The molecule has 0 spiro atoms. The lowest BCUT2D eigenvalue weighted by atomic mass is 10.1. The summed E-state index contributed by atoms with van der Waals surface area (Å²) >= 11 is 0. The highest BCUT2D eigenvalue weighted by molar-refractivity contribution is 6.05. The van der Waals surface area contributed by atoms with Crippen LogP contribution in [0.25, 0.3) is 33.0 Å². The lowest BCUT2D eigenvalue weighted by Gasteiger charge is -2.19. The number of methoxy groups -OCH3 is 1. The second kappa shape index (κ2) is 21.2. The predicted molar refractivity (Wildman–Crippen MR) is 278 cm³/mol. The highest BCUT2D eigenvalue weighted by Gasteiger charge is 2.24. The Labute approximate surface area is 424 Å². The summed E-state index contributed by atoms with van der Waals surface area (Å²) in [5.74, 6) is -1.48. The summed E-state index contributed by atoms with van der Waals surface area (Å²) in [6.45, 7) is 14.3. The van der Waals surface area contributed by atoms with Gasteiger partial charge in [-0.1, -0.05) is 18.2 Å². The van der Waals surface area contributed by atoms with Crippen LogP contribution in [0.5, 0.6) is 11.5 Å². The molecule has 0 aliphatic carbocycles. The molecule has 3 aromatic carbocycles. The van der Waals surface area contributed by atoms with Crippen molar-refractivity contribution in [2.24, 2.45) is 11.5 Å². The summed E-state index contributed by atoms with van der Waals surface area (Å²) in [6, 6.07) is 14.9. The Balaban J connectivity index is 1.10. The molecule has 5 amide bonds. The fraction of sp³-hybridized carbons (Fsp3) is 0.294. The first-order chi connectivity index (χ1) is 35.3. The van der Waals surface area contributed by atoms with Crippen molar-refractivity contribution in [3.8, 4) is 11.5 Å². The van der Waals surface area contributed by atoms with Crippen molar-refractivity contribution in [3.63, 3.8) is 0 Å². The van der Waals surface area contributed by atoms with Gasteiger partial charge in [0, 0.05) is 48.4 Å². The molecule has 8 aromatic rings. The lowest BCUT2D eigenvalue weighted by molar-refractivity contribution is 0.0635. The third-order valence-corrected chi connectivity index (χ3v) is 11.5. The molecule has 0 atom stereocenters. The number of fused-ring (bicyclic) bond motifs is 3. The molecular weight excluding hydrogens is 951 g/mol. The first-order valence-corrected chi connectivity index (χ1v) is 23.7. The molecule has 0 unspecified atom stereocenters. The summed E-state index contributed by atoms with van der Waals surface area (Å²) in [5.41, 5.74) is 16.1. The number of allylic oxidation sites excluding steroid dienone is 3. The number of benzene rings is 3. The molecular formula is C51H57N15O8. The van der Waals surface area contributed by atoms with E-state index < -0.39 is 35.3 Å². The molecule has 0 aliphatic rings. The predicted octanol–water partition coefficient (Wildman–Crippen LogP) is 6.73. The van der Waals surface area contributed by atoms with Gasteiger partial charge in [0.15, 0.2) is 0 Å². The number of ether oxygens (including phenoxy) is 3. The summed E-state index contributed by atoms with van der Waals surface area (Å²) in [4.78, 5) is 74.6. The van der Waals surface area contributed by atoms with Gasteiger partial charge in [-0.3, -0.25) is 49.2 Å². The number of anilines is 3. The molecule has 0 radical (unpaired) electrons. The number of nitrogens with one attached hydrogen (secondary N) is 3. The van der Waals surface area contributed by atoms with Gasteiger partial charge in [0.1, 0.15) is 46.1 Å². The summed E-state index contributed by atoms with van der Waals surface area (Å²) in [6.07, 6.45) is 8.46. The Morgan fingerprint density at radius 3 is 1.70 bits per heavy atom. The van der Waals surface area contributed by atoms with Gasteiger partial charge in [0.05, 0.1) is 47.8 Å². The van der Waals surface area contributed by atoms with Crippen LogP contribution in [-0.2, 0) is 37.5 Å². The van der Waals surface area contributed by atoms with Gasteiger partial charge in [0.25, 0.3) is 11.8 Å². The Morgan fingerprint density at radius 1 is 0.662 bits per heavy atom. The van der Waals surface area contributed by atoms with Crippen LogP contribution in [0.1, 0.15) is 87.7 Å². The number of imidazole rings is 2. The van der Waals surface area contributed by atoms with Gasteiger partial charge in [-0.2, -0.15) is 15.3 Å². The Hall–Kier alpha value is -9.28. The van der Waals surface area contributed by atoms with Crippen LogP contribution < -0.4 is 36.9 Å². The zero-order valence-corrected chi connectivity index (χ0v) is 42.2. The second-order valence-corrected chi connectivity index (χ2v) is 18.1. The van der Waals surface area contributed by atoms with Gasteiger partial charge in [-0.25, -0.2) is 14.8 Å². The molecule has 5 aromatic heterocycles.